The minimum atomic E-state index is -1.28. The first kappa shape index (κ1) is 12.1. The van der Waals surface area contributed by atoms with Crippen LogP contribution in [0.3, 0.4) is 0 Å². The molecule has 0 spiro atoms. The number of aromatic carboxylic acids is 1. The predicted molar refractivity (Wildman–Crippen MR) is 65.5 cm³/mol. The lowest BCUT2D eigenvalue weighted by atomic mass is 10.1. The molecule has 1 N–H and O–H groups in total. The van der Waals surface area contributed by atoms with E-state index in [0.29, 0.717) is 17.5 Å². The van der Waals surface area contributed by atoms with Gasteiger partial charge in [0, 0.05) is 18.2 Å². The van der Waals surface area contributed by atoms with Crippen molar-refractivity contribution in [3.05, 3.63) is 29.7 Å². The van der Waals surface area contributed by atoms with Crippen molar-refractivity contribution in [2.24, 2.45) is 0 Å². The Morgan fingerprint density at radius 1 is 1.47 bits per heavy atom. The predicted octanol–water partition coefficient (Wildman–Crippen LogP) is 2.57. The Labute approximate surface area is 108 Å². The molecule has 1 saturated heterocycles. The zero-order valence-electron chi connectivity index (χ0n) is 10.2. The van der Waals surface area contributed by atoms with Gasteiger partial charge in [0.15, 0.2) is 0 Å². The van der Waals surface area contributed by atoms with E-state index < -0.39 is 11.8 Å². The summed E-state index contributed by atoms with van der Waals surface area (Å²) in [6.45, 7) is 0.668. The summed E-state index contributed by atoms with van der Waals surface area (Å²) in [7, 11) is 0. The maximum atomic E-state index is 13.6. The van der Waals surface area contributed by atoms with Crippen molar-refractivity contribution in [3.63, 3.8) is 0 Å². The van der Waals surface area contributed by atoms with Gasteiger partial charge < -0.3 is 9.84 Å². The highest BCUT2D eigenvalue weighted by Crippen LogP contribution is 2.26. The van der Waals surface area contributed by atoms with Crippen LogP contribution in [-0.2, 0) is 4.74 Å². The van der Waals surface area contributed by atoms with Gasteiger partial charge in [-0.15, -0.1) is 0 Å². The first-order chi connectivity index (χ1) is 9.16. The molecule has 1 aliphatic rings. The van der Waals surface area contributed by atoms with Gasteiger partial charge in [-0.3, -0.25) is 0 Å². The van der Waals surface area contributed by atoms with Crippen LogP contribution in [0.4, 0.5) is 4.39 Å². The SMILES string of the molecule is O=C(O)c1c(F)ccc2nn(C3CCCCO3)cc12. The maximum absolute atomic E-state index is 13.6. The third kappa shape index (κ3) is 2.08. The molecule has 1 aromatic heterocycles. The highest BCUT2D eigenvalue weighted by molar-refractivity contribution is 6.02. The second-order valence-corrected chi connectivity index (χ2v) is 4.59. The summed E-state index contributed by atoms with van der Waals surface area (Å²) >= 11 is 0. The fraction of sp³-hybridized carbons (Fsp3) is 0.385. The first-order valence-electron chi connectivity index (χ1n) is 6.19. The molecule has 6 heteroatoms. The van der Waals surface area contributed by atoms with E-state index >= 15 is 0 Å². The molecule has 1 fully saturated rings. The van der Waals surface area contributed by atoms with E-state index in [1.807, 2.05) is 0 Å². The average Bonchev–Trinajstić information content (AvgIpc) is 2.83. The Morgan fingerprint density at radius 3 is 3.00 bits per heavy atom. The Kier molecular flexibility index (Phi) is 2.94. The zero-order valence-corrected chi connectivity index (χ0v) is 10.2. The Balaban J connectivity index is 2.09. The van der Waals surface area contributed by atoms with Crippen LogP contribution < -0.4 is 0 Å². The summed E-state index contributed by atoms with van der Waals surface area (Å²) in [5.74, 6) is -2.03. The third-order valence-electron chi connectivity index (χ3n) is 3.32. The molecule has 1 unspecified atom stereocenters. The number of benzene rings is 1. The van der Waals surface area contributed by atoms with Crippen molar-refractivity contribution >= 4 is 16.9 Å². The molecule has 0 saturated carbocycles. The summed E-state index contributed by atoms with van der Waals surface area (Å²) < 4.78 is 20.7. The number of ether oxygens (including phenoxy) is 1. The van der Waals surface area contributed by atoms with E-state index in [1.165, 1.54) is 6.07 Å². The third-order valence-corrected chi connectivity index (χ3v) is 3.32. The number of carbonyl (C=O) groups is 1. The van der Waals surface area contributed by atoms with Crippen LogP contribution in [0.15, 0.2) is 18.3 Å². The minimum Gasteiger partial charge on any atom is -0.478 e. The molecule has 5 nitrogen and oxygen atoms in total. The number of fused-ring (bicyclic) bond motifs is 1. The Bertz CT molecular complexity index is 632. The van der Waals surface area contributed by atoms with Gasteiger partial charge in [-0.05, 0) is 31.4 Å². The van der Waals surface area contributed by atoms with Gasteiger partial charge >= 0.3 is 5.97 Å². The summed E-state index contributed by atoms with van der Waals surface area (Å²) in [4.78, 5) is 11.1. The van der Waals surface area contributed by atoms with E-state index in [4.69, 9.17) is 9.84 Å². The van der Waals surface area contributed by atoms with Crippen molar-refractivity contribution in [3.8, 4) is 0 Å². The van der Waals surface area contributed by atoms with Crippen molar-refractivity contribution in [1.82, 2.24) is 9.78 Å². The molecule has 1 aromatic carbocycles. The molecule has 0 amide bonds. The second-order valence-electron chi connectivity index (χ2n) is 4.59. The lowest BCUT2D eigenvalue weighted by Crippen LogP contribution is -2.18. The number of hydrogen-bond donors (Lipinski definition) is 1. The van der Waals surface area contributed by atoms with Gasteiger partial charge in [-0.25, -0.2) is 13.9 Å². The summed E-state index contributed by atoms with van der Waals surface area (Å²) in [5.41, 5.74) is 0.132. The molecule has 1 atom stereocenters. The highest BCUT2D eigenvalue weighted by Gasteiger charge is 2.21. The van der Waals surface area contributed by atoms with Crippen LogP contribution in [-0.4, -0.2) is 27.5 Å². The topological polar surface area (TPSA) is 64.3 Å². The molecule has 3 rings (SSSR count). The average molecular weight is 264 g/mol. The van der Waals surface area contributed by atoms with Crippen molar-refractivity contribution in [1.29, 1.82) is 0 Å². The fourth-order valence-corrected chi connectivity index (χ4v) is 2.38. The molecule has 19 heavy (non-hydrogen) atoms. The largest absolute Gasteiger partial charge is 0.478 e. The number of rotatable bonds is 2. The number of carboxylic acids is 1. The van der Waals surface area contributed by atoms with E-state index in [9.17, 15) is 9.18 Å². The zero-order chi connectivity index (χ0) is 13.4. The van der Waals surface area contributed by atoms with Gasteiger partial charge in [-0.2, -0.15) is 5.10 Å². The maximum Gasteiger partial charge on any atom is 0.339 e. The van der Waals surface area contributed by atoms with E-state index in [2.05, 4.69) is 5.10 Å². The highest BCUT2D eigenvalue weighted by atomic mass is 19.1. The smallest absolute Gasteiger partial charge is 0.339 e. The van der Waals surface area contributed by atoms with Crippen molar-refractivity contribution < 1.29 is 19.0 Å². The molecule has 2 aromatic rings. The van der Waals surface area contributed by atoms with Crippen molar-refractivity contribution in [2.75, 3.05) is 6.61 Å². The van der Waals surface area contributed by atoms with Gasteiger partial charge in [0.2, 0.25) is 0 Å². The number of aromatic nitrogens is 2. The van der Waals surface area contributed by atoms with E-state index in [1.54, 1.807) is 10.9 Å². The van der Waals surface area contributed by atoms with Gasteiger partial charge in [0.1, 0.15) is 17.6 Å². The molecular weight excluding hydrogens is 251 g/mol. The monoisotopic (exact) mass is 264 g/mol. The lowest BCUT2D eigenvalue weighted by Gasteiger charge is -2.22. The number of nitrogens with zero attached hydrogens (tertiary/aromatic N) is 2. The molecule has 0 aliphatic carbocycles. The molecule has 100 valence electrons. The van der Waals surface area contributed by atoms with Crippen LogP contribution in [0.5, 0.6) is 0 Å². The van der Waals surface area contributed by atoms with Crippen molar-refractivity contribution in [2.45, 2.75) is 25.5 Å². The quantitative estimate of drug-likeness (QED) is 0.905. The van der Waals surface area contributed by atoms with Crippen LogP contribution >= 0.6 is 0 Å². The summed E-state index contributed by atoms with van der Waals surface area (Å²) in [6, 6.07) is 2.61. The van der Waals surface area contributed by atoms with E-state index in [-0.39, 0.29) is 11.8 Å². The standard InChI is InChI=1S/C13H13FN2O3/c14-9-4-5-10-8(12(9)13(17)18)7-16(15-10)11-3-1-2-6-19-11/h4-5,7,11H,1-3,6H2,(H,17,18). The van der Waals surface area contributed by atoms with Crippen LogP contribution in [0.25, 0.3) is 10.9 Å². The van der Waals surface area contributed by atoms with E-state index in [0.717, 1.165) is 25.3 Å². The molecule has 2 heterocycles. The van der Waals surface area contributed by atoms with Crippen LogP contribution in [0.1, 0.15) is 35.8 Å². The Morgan fingerprint density at radius 2 is 2.32 bits per heavy atom. The Hall–Kier alpha value is -1.95. The number of hydrogen-bond acceptors (Lipinski definition) is 3. The van der Waals surface area contributed by atoms with Gasteiger partial charge in [-0.1, -0.05) is 0 Å². The van der Waals surface area contributed by atoms with Gasteiger partial charge in [0.05, 0.1) is 5.52 Å². The lowest BCUT2D eigenvalue weighted by molar-refractivity contribution is -0.0390. The van der Waals surface area contributed by atoms with Crippen LogP contribution in [0, 0.1) is 5.82 Å². The number of halogens is 1. The molecule has 0 bridgehead atoms. The first-order valence-corrected chi connectivity index (χ1v) is 6.19. The van der Waals surface area contributed by atoms with Gasteiger partial charge in [0.25, 0.3) is 0 Å². The molecule has 0 radical (unpaired) electrons. The normalized spacial score (nSPS) is 19.7. The fourth-order valence-electron chi connectivity index (χ4n) is 2.38. The summed E-state index contributed by atoms with van der Waals surface area (Å²) in [6.07, 6.45) is 4.26. The number of carboxylic acid groups (broad SMARTS) is 1. The second kappa shape index (κ2) is 4.62. The summed E-state index contributed by atoms with van der Waals surface area (Å²) in [5, 5.41) is 13.7. The van der Waals surface area contributed by atoms with Crippen LogP contribution in [0.2, 0.25) is 0 Å². The minimum absolute atomic E-state index is 0.189. The molecule has 1 aliphatic heterocycles. The molecular formula is C13H13FN2O3.